The number of Topliss-reactive ketones (excluding diaryl/α,β-unsaturated/α-hetero) is 1. The van der Waals surface area contributed by atoms with Gasteiger partial charge in [0.1, 0.15) is 10.6 Å². The zero-order chi connectivity index (χ0) is 14.6. The van der Waals surface area contributed by atoms with Crippen LogP contribution < -0.4 is 4.90 Å². The van der Waals surface area contributed by atoms with Crippen LogP contribution in [-0.2, 0) is 0 Å². The Morgan fingerprint density at radius 3 is 2.81 bits per heavy atom. The molecule has 0 radical (unpaired) electrons. The largest absolute Gasteiger partial charge is 0.355 e. The molecule has 0 amide bonds. The first kappa shape index (κ1) is 13.2. The Labute approximate surface area is 128 Å². The summed E-state index contributed by atoms with van der Waals surface area (Å²) >= 11 is 1.50. The SMILES string of the molecule is CC(=O)c1cc2ccc(N3CC4(CCN(C)C4)C3)nc2s1. The van der Waals surface area contributed by atoms with E-state index in [9.17, 15) is 4.79 Å². The fourth-order valence-electron chi connectivity index (χ4n) is 3.60. The van der Waals surface area contributed by atoms with E-state index in [1.807, 2.05) is 6.07 Å². The van der Waals surface area contributed by atoms with Crippen molar-refractivity contribution in [2.75, 3.05) is 38.1 Å². The molecule has 0 aromatic carbocycles. The van der Waals surface area contributed by atoms with Gasteiger partial charge in [0.05, 0.1) is 4.88 Å². The standard InChI is InChI=1S/C16H19N3OS/c1-11(20)13-7-12-3-4-14(17-15(12)21-13)19-9-16(10-19)5-6-18(2)8-16/h3-4,7H,5-6,8-10H2,1-2H3. The molecule has 5 heteroatoms. The van der Waals surface area contributed by atoms with Gasteiger partial charge in [-0.3, -0.25) is 4.79 Å². The summed E-state index contributed by atoms with van der Waals surface area (Å²) in [4.78, 5) is 22.8. The summed E-state index contributed by atoms with van der Waals surface area (Å²) in [5, 5.41) is 1.07. The van der Waals surface area contributed by atoms with Crippen LogP contribution in [0.2, 0.25) is 0 Å². The minimum atomic E-state index is 0.122. The van der Waals surface area contributed by atoms with Crippen molar-refractivity contribution in [3.63, 3.8) is 0 Å². The molecular weight excluding hydrogens is 282 g/mol. The molecule has 4 heterocycles. The molecule has 2 fully saturated rings. The van der Waals surface area contributed by atoms with Crippen molar-refractivity contribution in [3.8, 4) is 0 Å². The molecule has 0 N–H and O–H groups in total. The normalized spacial score (nSPS) is 21.1. The lowest BCUT2D eigenvalue weighted by Gasteiger charge is -2.48. The van der Waals surface area contributed by atoms with Gasteiger partial charge >= 0.3 is 0 Å². The average Bonchev–Trinajstić information content (AvgIpc) is 2.99. The molecule has 2 saturated heterocycles. The first-order chi connectivity index (χ1) is 10.0. The number of likely N-dealkylation sites (tertiary alicyclic amines) is 1. The third-order valence-electron chi connectivity index (χ3n) is 4.72. The highest BCUT2D eigenvalue weighted by Crippen LogP contribution is 2.41. The quantitative estimate of drug-likeness (QED) is 0.799. The second kappa shape index (κ2) is 4.52. The Kier molecular flexibility index (Phi) is 2.84. The Hall–Kier alpha value is -1.46. The maximum Gasteiger partial charge on any atom is 0.169 e. The van der Waals surface area contributed by atoms with Crippen molar-refractivity contribution >= 4 is 33.2 Å². The lowest BCUT2D eigenvalue weighted by molar-refractivity contribution is 0.102. The number of nitrogens with zero attached hydrogens (tertiary/aromatic N) is 3. The van der Waals surface area contributed by atoms with E-state index in [1.54, 1.807) is 6.92 Å². The maximum atomic E-state index is 11.5. The van der Waals surface area contributed by atoms with Crippen molar-refractivity contribution < 1.29 is 4.79 Å². The number of rotatable bonds is 2. The summed E-state index contributed by atoms with van der Waals surface area (Å²) in [6.45, 7) is 6.26. The Morgan fingerprint density at radius 2 is 2.14 bits per heavy atom. The molecule has 4 nitrogen and oxygen atoms in total. The van der Waals surface area contributed by atoms with Crippen LogP contribution in [0.25, 0.3) is 10.2 Å². The van der Waals surface area contributed by atoms with Gasteiger partial charge in [-0.1, -0.05) is 0 Å². The number of pyridine rings is 1. The van der Waals surface area contributed by atoms with Gasteiger partial charge in [0.25, 0.3) is 0 Å². The van der Waals surface area contributed by atoms with Crippen molar-refractivity contribution in [1.82, 2.24) is 9.88 Å². The summed E-state index contributed by atoms with van der Waals surface area (Å²) in [5.74, 6) is 1.18. The van der Waals surface area contributed by atoms with Crippen LogP contribution in [0.4, 0.5) is 5.82 Å². The molecule has 0 saturated carbocycles. The van der Waals surface area contributed by atoms with Gasteiger partial charge in [-0.25, -0.2) is 4.98 Å². The van der Waals surface area contributed by atoms with E-state index in [2.05, 4.69) is 29.0 Å². The lowest BCUT2D eigenvalue weighted by Crippen LogP contribution is -2.57. The molecule has 2 aliphatic rings. The van der Waals surface area contributed by atoms with Crippen molar-refractivity contribution in [2.45, 2.75) is 13.3 Å². The molecular formula is C16H19N3OS. The summed E-state index contributed by atoms with van der Waals surface area (Å²) < 4.78 is 0. The van der Waals surface area contributed by atoms with Crippen LogP contribution in [0.3, 0.4) is 0 Å². The number of ketones is 1. The van der Waals surface area contributed by atoms with Gasteiger partial charge in [0, 0.05) is 30.4 Å². The fraction of sp³-hybridized carbons (Fsp3) is 0.500. The van der Waals surface area contributed by atoms with Crippen LogP contribution in [0, 0.1) is 5.41 Å². The van der Waals surface area contributed by atoms with E-state index in [4.69, 9.17) is 4.98 Å². The Morgan fingerprint density at radius 1 is 1.33 bits per heavy atom. The summed E-state index contributed by atoms with van der Waals surface area (Å²) in [7, 11) is 2.21. The lowest BCUT2D eigenvalue weighted by atomic mass is 9.79. The van der Waals surface area contributed by atoms with Crippen molar-refractivity contribution in [2.24, 2.45) is 5.41 Å². The molecule has 2 aliphatic heterocycles. The highest BCUT2D eigenvalue weighted by Gasteiger charge is 2.47. The molecule has 2 aromatic rings. The Bertz CT molecular complexity index is 717. The molecule has 1 spiro atoms. The molecule has 0 unspecified atom stereocenters. The van der Waals surface area contributed by atoms with Crippen molar-refractivity contribution in [1.29, 1.82) is 0 Å². The number of anilines is 1. The molecule has 2 aromatic heterocycles. The highest BCUT2D eigenvalue weighted by molar-refractivity contribution is 7.20. The summed E-state index contributed by atoms with van der Waals surface area (Å²) in [6.07, 6.45) is 1.30. The van der Waals surface area contributed by atoms with E-state index in [0.29, 0.717) is 5.41 Å². The van der Waals surface area contributed by atoms with Gasteiger partial charge in [0.15, 0.2) is 5.78 Å². The zero-order valence-corrected chi connectivity index (χ0v) is 13.2. The van der Waals surface area contributed by atoms with Gasteiger partial charge in [-0.2, -0.15) is 0 Å². The van der Waals surface area contributed by atoms with E-state index in [1.165, 1.54) is 30.8 Å². The monoisotopic (exact) mass is 301 g/mol. The van der Waals surface area contributed by atoms with Gasteiger partial charge < -0.3 is 9.80 Å². The summed E-state index contributed by atoms with van der Waals surface area (Å²) in [5.41, 5.74) is 0.491. The van der Waals surface area contributed by atoms with Gasteiger partial charge in [-0.15, -0.1) is 11.3 Å². The van der Waals surface area contributed by atoms with Crippen LogP contribution >= 0.6 is 11.3 Å². The second-order valence-electron chi connectivity index (χ2n) is 6.57. The molecule has 4 rings (SSSR count). The molecule has 110 valence electrons. The number of thiophene rings is 1. The van der Waals surface area contributed by atoms with E-state index in [0.717, 1.165) is 34.0 Å². The minimum absolute atomic E-state index is 0.122. The number of carbonyl (C=O) groups excluding carboxylic acids is 1. The van der Waals surface area contributed by atoms with Gasteiger partial charge in [0.2, 0.25) is 0 Å². The number of hydrogen-bond donors (Lipinski definition) is 0. The fourth-order valence-corrected chi connectivity index (χ4v) is 4.52. The molecule has 0 bridgehead atoms. The molecule has 0 aliphatic carbocycles. The highest BCUT2D eigenvalue weighted by atomic mass is 32.1. The van der Waals surface area contributed by atoms with Crippen LogP contribution in [0.15, 0.2) is 18.2 Å². The molecule has 0 atom stereocenters. The topological polar surface area (TPSA) is 36.4 Å². The third kappa shape index (κ3) is 2.15. The van der Waals surface area contributed by atoms with Crippen LogP contribution in [0.1, 0.15) is 23.0 Å². The van der Waals surface area contributed by atoms with Crippen LogP contribution in [-0.4, -0.2) is 48.9 Å². The Balaban J connectivity index is 1.56. The maximum absolute atomic E-state index is 11.5. The average molecular weight is 301 g/mol. The third-order valence-corrected chi connectivity index (χ3v) is 5.87. The number of hydrogen-bond acceptors (Lipinski definition) is 5. The second-order valence-corrected chi connectivity index (χ2v) is 7.61. The van der Waals surface area contributed by atoms with Crippen molar-refractivity contribution in [3.05, 3.63) is 23.1 Å². The van der Waals surface area contributed by atoms with E-state index in [-0.39, 0.29) is 5.78 Å². The summed E-state index contributed by atoms with van der Waals surface area (Å²) in [6, 6.07) is 6.12. The first-order valence-corrected chi connectivity index (χ1v) is 8.21. The predicted molar refractivity (Wildman–Crippen MR) is 86.4 cm³/mol. The smallest absolute Gasteiger partial charge is 0.169 e. The molecule has 21 heavy (non-hydrogen) atoms. The minimum Gasteiger partial charge on any atom is -0.355 e. The van der Waals surface area contributed by atoms with E-state index >= 15 is 0 Å². The number of carbonyl (C=O) groups is 1. The number of fused-ring (bicyclic) bond motifs is 1. The van der Waals surface area contributed by atoms with E-state index < -0.39 is 0 Å². The zero-order valence-electron chi connectivity index (χ0n) is 12.4. The van der Waals surface area contributed by atoms with Crippen LogP contribution in [0.5, 0.6) is 0 Å². The van der Waals surface area contributed by atoms with Gasteiger partial charge in [-0.05, 0) is 45.1 Å². The first-order valence-electron chi connectivity index (χ1n) is 7.40. The number of aromatic nitrogens is 1. The predicted octanol–water partition coefficient (Wildman–Crippen LogP) is 2.64.